The highest BCUT2D eigenvalue weighted by molar-refractivity contribution is 5.76. The van der Waals surface area contributed by atoms with Crippen molar-refractivity contribution in [3.8, 4) is 0 Å². The van der Waals surface area contributed by atoms with Crippen LogP contribution in [0.3, 0.4) is 0 Å². The molecule has 6 heteroatoms. The molecule has 0 aromatic carbocycles. The maximum absolute atomic E-state index is 11.8. The molecule has 0 saturated heterocycles. The lowest BCUT2D eigenvalue weighted by molar-refractivity contribution is -0.130. The van der Waals surface area contributed by atoms with Crippen molar-refractivity contribution in [3.05, 3.63) is 17.5 Å². The van der Waals surface area contributed by atoms with Gasteiger partial charge in [0.2, 0.25) is 5.91 Å². The molecule has 1 aromatic heterocycles. The first-order chi connectivity index (χ1) is 11.0. The molecular weight excluding hydrogens is 292 g/mol. The van der Waals surface area contributed by atoms with Crippen LogP contribution in [0.1, 0.15) is 56.0 Å². The molecule has 128 valence electrons. The first kappa shape index (κ1) is 16.5. The molecule has 1 N–H and O–H groups in total. The van der Waals surface area contributed by atoms with Gasteiger partial charge in [-0.25, -0.2) is 0 Å². The molecule has 2 aliphatic rings. The lowest BCUT2D eigenvalue weighted by Crippen LogP contribution is -2.42. The molecule has 1 aliphatic carbocycles. The summed E-state index contributed by atoms with van der Waals surface area (Å²) in [6.45, 7) is 2.82. The summed E-state index contributed by atoms with van der Waals surface area (Å²) in [4.78, 5) is 15.8. The summed E-state index contributed by atoms with van der Waals surface area (Å²) in [6.07, 6.45) is 5.95. The molecule has 1 amide bonds. The van der Waals surface area contributed by atoms with Gasteiger partial charge in [-0.1, -0.05) is 19.3 Å². The number of aromatic nitrogens is 2. The number of fused-ring (bicyclic) bond motifs is 1. The maximum atomic E-state index is 11.8. The van der Waals surface area contributed by atoms with Gasteiger partial charge in [-0.15, -0.1) is 0 Å². The predicted octanol–water partition coefficient (Wildman–Crippen LogP) is 1.54. The lowest BCUT2D eigenvalue weighted by Gasteiger charge is -2.36. The molecule has 1 fully saturated rings. The molecule has 0 spiro atoms. The Hall–Kier alpha value is -1.40. The van der Waals surface area contributed by atoms with Crippen LogP contribution in [-0.2, 0) is 17.9 Å². The van der Waals surface area contributed by atoms with E-state index < -0.39 is 6.10 Å². The van der Waals surface area contributed by atoms with Gasteiger partial charge in [-0.3, -0.25) is 14.4 Å². The Bertz CT molecular complexity index is 549. The number of nitrogens with zero attached hydrogens (tertiary/aromatic N) is 4. The fraction of sp³-hybridized carbons (Fsp3) is 0.765. The van der Waals surface area contributed by atoms with Crippen molar-refractivity contribution in [2.24, 2.45) is 0 Å². The Kier molecular flexibility index (Phi) is 5.02. The molecule has 0 bridgehead atoms. The Labute approximate surface area is 138 Å². The van der Waals surface area contributed by atoms with E-state index in [-0.39, 0.29) is 12.3 Å². The van der Waals surface area contributed by atoms with Crippen LogP contribution in [0.25, 0.3) is 0 Å². The van der Waals surface area contributed by atoms with Gasteiger partial charge in [0.05, 0.1) is 24.4 Å². The van der Waals surface area contributed by atoms with Crippen molar-refractivity contribution in [1.29, 1.82) is 0 Å². The quantitative estimate of drug-likeness (QED) is 0.914. The summed E-state index contributed by atoms with van der Waals surface area (Å²) < 4.78 is 2.00. The maximum Gasteiger partial charge on any atom is 0.225 e. The monoisotopic (exact) mass is 320 g/mol. The van der Waals surface area contributed by atoms with Gasteiger partial charge in [0.1, 0.15) is 6.10 Å². The van der Waals surface area contributed by atoms with Gasteiger partial charge < -0.3 is 10.0 Å². The SMILES string of the molecule is CN(C)C(=O)C[C@@H](O)c1cc2n(n1)CCN(C1CCCCC1)C2. The van der Waals surface area contributed by atoms with E-state index in [1.807, 2.05) is 10.7 Å². The first-order valence-corrected chi connectivity index (χ1v) is 8.73. The van der Waals surface area contributed by atoms with Crippen molar-refractivity contribution in [3.63, 3.8) is 0 Å². The average molecular weight is 320 g/mol. The molecule has 1 aromatic rings. The summed E-state index contributed by atoms with van der Waals surface area (Å²) in [5.41, 5.74) is 1.79. The highest BCUT2D eigenvalue weighted by Gasteiger charge is 2.27. The molecular formula is C17H28N4O2. The number of amides is 1. The fourth-order valence-electron chi connectivity index (χ4n) is 3.68. The van der Waals surface area contributed by atoms with Crippen LogP contribution < -0.4 is 0 Å². The molecule has 2 heterocycles. The molecule has 1 aliphatic heterocycles. The normalized spacial score (nSPS) is 21.0. The van der Waals surface area contributed by atoms with E-state index in [4.69, 9.17) is 0 Å². The largest absolute Gasteiger partial charge is 0.386 e. The van der Waals surface area contributed by atoms with E-state index >= 15 is 0 Å². The average Bonchev–Trinajstić information content (AvgIpc) is 2.98. The fourth-order valence-corrected chi connectivity index (χ4v) is 3.68. The Morgan fingerprint density at radius 2 is 2.09 bits per heavy atom. The van der Waals surface area contributed by atoms with E-state index in [1.165, 1.54) is 37.0 Å². The standard InChI is InChI=1S/C17H28N4O2/c1-19(2)17(23)11-16(22)15-10-14-12-20(8-9-21(14)18-15)13-6-4-3-5-7-13/h10,13,16,22H,3-9,11-12H2,1-2H3/t16-/m1/s1. The minimum absolute atomic E-state index is 0.0766. The summed E-state index contributed by atoms with van der Waals surface area (Å²) in [5.74, 6) is -0.0766. The summed E-state index contributed by atoms with van der Waals surface area (Å²) in [6, 6.07) is 2.68. The molecule has 23 heavy (non-hydrogen) atoms. The highest BCUT2D eigenvalue weighted by atomic mass is 16.3. The van der Waals surface area contributed by atoms with Crippen LogP contribution in [0.15, 0.2) is 6.07 Å². The first-order valence-electron chi connectivity index (χ1n) is 8.73. The Morgan fingerprint density at radius 3 is 2.78 bits per heavy atom. The Balaban J connectivity index is 1.65. The second-order valence-electron chi connectivity index (χ2n) is 7.05. The summed E-state index contributed by atoms with van der Waals surface area (Å²) in [5, 5.41) is 14.8. The third kappa shape index (κ3) is 3.75. The number of aliphatic hydroxyl groups is 1. The van der Waals surface area contributed by atoms with Gasteiger partial charge in [0, 0.05) is 33.2 Å². The molecule has 0 radical (unpaired) electrons. The summed E-state index contributed by atoms with van der Waals surface area (Å²) >= 11 is 0. The van der Waals surface area contributed by atoms with Crippen LogP contribution in [0.4, 0.5) is 0 Å². The van der Waals surface area contributed by atoms with E-state index in [2.05, 4.69) is 10.00 Å². The van der Waals surface area contributed by atoms with Gasteiger partial charge in [0.15, 0.2) is 0 Å². The minimum Gasteiger partial charge on any atom is -0.386 e. The zero-order chi connectivity index (χ0) is 16.4. The van der Waals surface area contributed by atoms with Gasteiger partial charge in [-0.05, 0) is 18.9 Å². The van der Waals surface area contributed by atoms with Gasteiger partial charge >= 0.3 is 0 Å². The smallest absolute Gasteiger partial charge is 0.225 e. The predicted molar refractivity (Wildman–Crippen MR) is 87.8 cm³/mol. The minimum atomic E-state index is -0.814. The topological polar surface area (TPSA) is 61.6 Å². The van der Waals surface area contributed by atoms with Crippen LogP contribution in [-0.4, -0.2) is 57.3 Å². The van der Waals surface area contributed by atoms with Crippen molar-refractivity contribution in [2.75, 3.05) is 20.6 Å². The molecule has 1 atom stereocenters. The van der Waals surface area contributed by atoms with Crippen molar-refractivity contribution in [1.82, 2.24) is 19.6 Å². The Morgan fingerprint density at radius 1 is 1.35 bits per heavy atom. The molecule has 3 rings (SSSR count). The van der Waals surface area contributed by atoms with Crippen LogP contribution >= 0.6 is 0 Å². The van der Waals surface area contributed by atoms with Crippen LogP contribution in [0.5, 0.6) is 0 Å². The zero-order valence-corrected chi connectivity index (χ0v) is 14.2. The second-order valence-corrected chi connectivity index (χ2v) is 7.05. The number of aliphatic hydroxyl groups excluding tert-OH is 1. The van der Waals surface area contributed by atoms with E-state index in [9.17, 15) is 9.90 Å². The number of hydrogen-bond donors (Lipinski definition) is 1. The number of carbonyl (C=O) groups excluding carboxylic acids is 1. The van der Waals surface area contributed by atoms with Crippen molar-refractivity contribution >= 4 is 5.91 Å². The zero-order valence-electron chi connectivity index (χ0n) is 14.2. The number of carbonyl (C=O) groups is 1. The highest BCUT2D eigenvalue weighted by Crippen LogP contribution is 2.27. The van der Waals surface area contributed by atoms with E-state index in [0.717, 1.165) is 25.3 Å². The third-order valence-corrected chi connectivity index (χ3v) is 5.15. The number of hydrogen-bond acceptors (Lipinski definition) is 4. The van der Waals surface area contributed by atoms with E-state index in [0.29, 0.717) is 11.7 Å². The van der Waals surface area contributed by atoms with Gasteiger partial charge in [-0.2, -0.15) is 5.10 Å². The lowest BCUT2D eigenvalue weighted by atomic mass is 9.94. The van der Waals surface area contributed by atoms with Crippen molar-refractivity contribution < 1.29 is 9.90 Å². The molecule has 0 unspecified atom stereocenters. The van der Waals surface area contributed by atoms with Gasteiger partial charge in [0.25, 0.3) is 0 Å². The molecule has 6 nitrogen and oxygen atoms in total. The second kappa shape index (κ2) is 7.01. The molecule has 1 saturated carbocycles. The van der Waals surface area contributed by atoms with Crippen LogP contribution in [0, 0.1) is 0 Å². The van der Waals surface area contributed by atoms with E-state index in [1.54, 1.807) is 14.1 Å². The third-order valence-electron chi connectivity index (χ3n) is 5.15. The summed E-state index contributed by atoms with van der Waals surface area (Å²) in [7, 11) is 3.41. The van der Waals surface area contributed by atoms with Crippen molar-refractivity contribution in [2.45, 2.75) is 63.8 Å². The number of rotatable bonds is 4. The van der Waals surface area contributed by atoms with Crippen LogP contribution in [0.2, 0.25) is 0 Å².